The number of carbonyl (C=O) groups excluding carboxylic acids is 1. The quantitative estimate of drug-likeness (QED) is 0.406. The van der Waals surface area contributed by atoms with Crippen LogP contribution in [0.4, 0.5) is 0 Å². The van der Waals surface area contributed by atoms with Crippen LogP contribution >= 0.6 is 0 Å². The van der Waals surface area contributed by atoms with Gasteiger partial charge >= 0.3 is 0 Å². The second-order valence-electron chi connectivity index (χ2n) is 2.08. The van der Waals surface area contributed by atoms with E-state index in [9.17, 15) is 4.79 Å². The molecule has 0 heterocycles. The Labute approximate surface area is 64.2 Å². The van der Waals surface area contributed by atoms with Crippen molar-refractivity contribution in [3.63, 3.8) is 0 Å². The van der Waals surface area contributed by atoms with Crippen LogP contribution in [-0.2, 0) is 9.53 Å². The number of ether oxygens (including phenoxy) is 1. The molecule has 0 radical (unpaired) electrons. The molecular weight excluding hydrogens is 152 g/mol. The highest BCUT2D eigenvalue weighted by molar-refractivity contribution is 5.57. The number of rotatable bonds is 5. The highest BCUT2D eigenvalue weighted by atomic mass is 16.5. The van der Waals surface area contributed by atoms with Gasteiger partial charge in [-0.2, -0.15) is 0 Å². The van der Waals surface area contributed by atoms with E-state index in [1.54, 1.807) is 0 Å². The van der Waals surface area contributed by atoms with Gasteiger partial charge in [0, 0.05) is 7.11 Å². The van der Waals surface area contributed by atoms with E-state index in [0.29, 0.717) is 6.29 Å². The molecule has 0 spiro atoms. The monoisotopic (exact) mass is 164 g/mol. The molecule has 0 aliphatic rings. The highest BCUT2D eigenvalue weighted by Gasteiger charge is 2.24. The highest BCUT2D eigenvalue weighted by Crippen LogP contribution is 2.00. The third-order valence-corrected chi connectivity index (χ3v) is 1.32. The second-order valence-corrected chi connectivity index (χ2v) is 2.08. The molecule has 0 aromatic heterocycles. The Morgan fingerprint density at radius 3 is 2.36 bits per heavy atom. The Balaban J connectivity index is 3.96. The van der Waals surface area contributed by atoms with Crippen molar-refractivity contribution in [2.24, 2.45) is 0 Å². The Morgan fingerprint density at radius 2 is 2.09 bits per heavy atom. The smallest absolute Gasteiger partial charge is 0.151 e. The van der Waals surface area contributed by atoms with E-state index in [-0.39, 0.29) is 0 Å². The van der Waals surface area contributed by atoms with Crippen LogP contribution in [-0.4, -0.2) is 53.6 Å². The van der Waals surface area contributed by atoms with Gasteiger partial charge in [0.1, 0.15) is 18.3 Å². The Morgan fingerprint density at radius 1 is 1.55 bits per heavy atom. The summed E-state index contributed by atoms with van der Waals surface area (Å²) in [6, 6.07) is 0. The van der Waals surface area contributed by atoms with Gasteiger partial charge in [-0.1, -0.05) is 0 Å². The number of aliphatic hydroxyl groups excluding tert-OH is 3. The summed E-state index contributed by atoms with van der Waals surface area (Å²) in [7, 11) is 1.23. The lowest BCUT2D eigenvalue weighted by molar-refractivity contribution is -0.131. The predicted molar refractivity (Wildman–Crippen MR) is 36.0 cm³/mol. The van der Waals surface area contributed by atoms with Gasteiger partial charge in [-0.05, 0) is 0 Å². The van der Waals surface area contributed by atoms with Crippen LogP contribution in [0.2, 0.25) is 0 Å². The van der Waals surface area contributed by atoms with Crippen molar-refractivity contribution in [2.75, 3.05) is 13.7 Å². The summed E-state index contributed by atoms with van der Waals surface area (Å²) in [5.41, 5.74) is 0. The summed E-state index contributed by atoms with van der Waals surface area (Å²) in [6.45, 7) is -0.602. The lowest BCUT2D eigenvalue weighted by Gasteiger charge is -2.19. The minimum absolute atomic E-state index is 0.365. The number of carbonyl (C=O) groups is 1. The first-order valence-corrected chi connectivity index (χ1v) is 3.12. The zero-order valence-corrected chi connectivity index (χ0v) is 6.17. The van der Waals surface area contributed by atoms with E-state index in [2.05, 4.69) is 4.74 Å². The molecule has 3 atom stereocenters. The van der Waals surface area contributed by atoms with Gasteiger partial charge in [-0.3, -0.25) is 0 Å². The molecule has 0 bridgehead atoms. The molecule has 0 aliphatic carbocycles. The molecule has 0 unspecified atom stereocenters. The standard InChI is InChI=1S/C6H12O5/c1-11-5(3-8)6(10)4(9)2-7/h3-7,9-10H,2H2,1H3/t4-,5+,6-/m1/s1. The van der Waals surface area contributed by atoms with Crippen LogP contribution in [0.1, 0.15) is 0 Å². The summed E-state index contributed by atoms with van der Waals surface area (Å²) in [5, 5.41) is 26.2. The molecule has 0 rings (SSSR count). The van der Waals surface area contributed by atoms with Gasteiger partial charge in [0.25, 0.3) is 0 Å². The van der Waals surface area contributed by atoms with E-state index in [1.165, 1.54) is 7.11 Å². The lowest BCUT2D eigenvalue weighted by atomic mass is 10.1. The van der Waals surface area contributed by atoms with Crippen LogP contribution < -0.4 is 0 Å². The SMILES string of the molecule is CO[C@@H](C=O)[C@H](O)[C@H](O)CO. The summed E-state index contributed by atoms with van der Waals surface area (Å²) >= 11 is 0. The molecule has 0 saturated carbocycles. The largest absolute Gasteiger partial charge is 0.394 e. The number of hydrogen-bond acceptors (Lipinski definition) is 5. The summed E-state index contributed by atoms with van der Waals surface area (Å²) in [6.07, 6.45) is -3.44. The van der Waals surface area contributed by atoms with Crippen molar-refractivity contribution in [3.8, 4) is 0 Å². The average molecular weight is 164 g/mol. The third-order valence-electron chi connectivity index (χ3n) is 1.32. The van der Waals surface area contributed by atoms with Crippen LogP contribution in [0.25, 0.3) is 0 Å². The summed E-state index contributed by atoms with van der Waals surface area (Å²) < 4.78 is 4.50. The van der Waals surface area contributed by atoms with Gasteiger partial charge in [-0.25, -0.2) is 0 Å². The van der Waals surface area contributed by atoms with Crippen molar-refractivity contribution in [2.45, 2.75) is 18.3 Å². The van der Waals surface area contributed by atoms with Gasteiger partial charge < -0.3 is 24.9 Å². The van der Waals surface area contributed by atoms with Crippen molar-refractivity contribution in [3.05, 3.63) is 0 Å². The minimum atomic E-state index is -1.37. The maximum Gasteiger partial charge on any atom is 0.151 e. The topological polar surface area (TPSA) is 87.0 Å². The van der Waals surface area contributed by atoms with E-state index >= 15 is 0 Å². The molecule has 0 aliphatic heterocycles. The molecule has 66 valence electrons. The zero-order valence-electron chi connectivity index (χ0n) is 6.17. The van der Waals surface area contributed by atoms with Crippen molar-refractivity contribution in [1.29, 1.82) is 0 Å². The Hall–Kier alpha value is -0.490. The third kappa shape index (κ3) is 2.94. The van der Waals surface area contributed by atoms with Gasteiger partial charge in [0.2, 0.25) is 0 Å². The number of methoxy groups -OCH3 is 1. The zero-order chi connectivity index (χ0) is 8.85. The van der Waals surface area contributed by atoms with Gasteiger partial charge in [0.15, 0.2) is 6.29 Å². The molecule has 3 N–H and O–H groups in total. The second kappa shape index (κ2) is 5.20. The van der Waals surface area contributed by atoms with E-state index in [1.807, 2.05) is 0 Å². The maximum atomic E-state index is 10.1. The fraction of sp³-hybridized carbons (Fsp3) is 0.833. The Bertz CT molecular complexity index is 116. The van der Waals surface area contributed by atoms with Crippen LogP contribution in [0.15, 0.2) is 0 Å². The number of aliphatic hydroxyl groups is 3. The van der Waals surface area contributed by atoms with Crippen LogP contribution in [0.5, 0.6) is 0 Å². The molecule has 0 aromatic rings. The first-order valence-electron chi connectivity index (χ1n) is 3.12. The first-order chi connectivity index (χ1) is 5.17. The van der Waals surface area contributed by atoms with Crippen molar-refractivity contribution in [1.82, 2.24) is 0 Å². The average Bonchev–Trinajstić information content (AvgIpc) is 2.05. The summed E-state index contributed by atoms with van der Waals surface area (Å²) in [5.74, 6) is 0. The number of hydrogen-bond donors (Lipinski definition) is 3. The predicted octanol–water partition coefficient (Wildman–Crippen LogP) is -2.09. The van der Waals surface area contributed by atoms with Crippen molar-refractivity contribution >= 4 is 6.29 Å². The minimum Gasteiger partial charge on any atom is -0.394 e. The normalized spacial score (nSPS) is 18.9. The molecule has 11 heavy (non-hydrogen) atoms. The van der Waals surface area contributed by atoms with Crippen LogP contribution in [0, 0.1) is 0 Å². The molecule has 0 amide bonds. The maximum absolute atomic E-state index is 10.1. The van der Waals surface area contributed by atoms with Gasteiger partial charge in [0.05, 0.1) is 6.61 Å². The molecule has 5 heteroatoms. The lowest BCUT2D eigenvalue weighted by Crippen LogP contribution is -2.41. The van der Waals surface area contributed by atoms with Crippen molar-refractivity contribution < 1.29 is 24.9 Å². The van der Waals surface area contributed by atoms with Crippen LogP contribution in [0.3, 0.4) is 0 Å². The fourth-order valence-electron chi connectivity index (χ4n) is 0.602. The first kappa shape index (κ1) is 10.5. The van der Waals surface area contributed by atoms with E-state index in [0.717, 1.165) is 0 Å². The molecular formula is C6H12O5. The van der Waals surface area contributed by atoms with Gasteiger partial charge in [-0.15, -0.1) is 0 Å². The molecule has 5 nitrogen and oxygen atoms in total. The summed E-state index contributed by atoms with van der Waals surface area (Å²) in [4.78, 5) is 10.1. The fourth-order valence-corrected chi connectivity index (χ4v) is 0.602. The van der Waals surface area contributed by atoms with E-state index < -0.39 is 24.9 Å². The molecule has 0 aromatic carbocycles. The number of aldehydes is 1. The van der Waals surface area contributed by atoms with E-state index in [4.69, 9.17) is 15.3 Å². The molecule has 0 fully saturated rings. The Kier molecular flexibility index (Phi) is 4.97. The molecule has 0 saturated heterocycles.